The van der Waals surface area contributed by atoms with E-state index in [0.717, 1.165) is 17.0 Å². The summed E-state index contributed by atoms with van der Waals surface area (Å²) in [4.78, 5) is 0.396. The number of halogens is 2. The van der Waals surface area contributed by atoms with Crippen molar-refractivity contribution in [1.29, 1.82) is 0 Å². The summed E-state index contributed by atoms with van der Waals surface area (Å²) in [5, 5.41) is 0. The van der Waals surface area contributed by atoms with Crippen LogP contribution in [0.2, 0.25) is 0 Å². The van der Waals surface area contributed by atoms with Crippen LogP contribution < -0.4 is 0 Å². The highest BCUT2D eigenvalue weighted by Gasteiger charge is 2.24. The summed E-state index contributed by atoms with van der Waals surface area (Å²) in [5.74, 6) is 0.666. The van der Waals surface area contributed by atoms with Gasteiger partial charge in [0.15, 0.2) is 0 Å². The second-order valence-electron chi connectivity index (χ2n) is 4.91. The zero-order valence-corrected chi connectivity index (χ0v) is 11.5. The first kappa shape index (κ1) is 12.1. The summed E-state index contributed by atoms with van der Waals surface area (Å²) < 4.78 is 13.5. The first-order valence-corrected chi connectivity index (χ1v) is 6.92. The average molecular weight is 285 g/mol. The van der Waals surface area contributed by atoms with Crippen molar-refractivity contribution in [2.75, 3.05) is 0 Å². The molecule has 1 aromatic rings. The fourth-order valence-electron chi connectivity index (χ4n) is 2.66. The van der Waals surface area contributed by atoms with Gasteiger partial charge in [-0.15, -0.1) is 0 Å². The molecule has 2 heteroatoms. The highest BCUT2D eigenvalue weighted by molar-refractivity contribution is 9.09. The Morgan fingerprint density at radius 2 is 1.69 bits per heavy atom. The van der Waals surface area contributed by atoms with Crippen LogP contribution in [0.15, 0.2) is 12.1 Å². The standard InChI is InChI=1S/C14H18BrF/c1-9-7-12(8-10(2)14(9)16)13(15)11-5-3-4-6-11/h7-8,11,13H,3-6H2,1-2H3. The third-order valence-electron chi connectivity index (χ3n) is 3.59. The lowest BCUT2D eigenvalue weighted by Crippen LogP contribution is -2.04. The second kappa shape index (κ2) is 4.87. The van der Waals surface area contributed by atoms with Crippen molar-refractivity contribution < 1.29 is 4.39 Å². The predicted molar refractivity (Wildman–Crippen MR) is 69.5 cm³/mol. The second-order valence-corrected chi connectivity index (χ2v) is 5.90. The molecule has 1 saturated carbocycles. The molecule has 0 bridgehead atoms. The Labute approximate surface area is 105 Å². The van der Waals surface area contributed by atoms with Crippen LogP contribution in [0.3, 0.4) is 0 Å². The molecule has 1 fully saturated rings. The first-order chi connectivity index (χ1) is 7.59. The van der Waals surface area contributed by atoms with Gasteiger partial charge >= 0.3 is 0 Å². The van der Waals surface area contributed by atoms with Gasteiger partial charge in [-0.05, 0) is 49.3 Å². The van der Waals surface area contributed by atoms with Crippen LogP contribution in [-0.4, -0.2) is 0 Å². The van der Waals surface area contributed by atoms with Crippen LogP contribution in [0.1, 0.15) is 47.2 Å². The molecule has 0 saturated heterocycles. The van der Waals surface area contributed by atoms with Gasteiger partial charge < -0.3 is 0 Å². The van der Waals surface area contributed by atoms with E-state index in [-0.39, 0.29) is 5.82 Å². The summed E-state index contributed by atoms with van der Waals surface area (Å²) in [6.45, 7) is 3.69. The van der Waals surface area contributed by atoms with Gasteiger partial charge in [0.25, 0.3) is 0 Å². The molecule has 0 aromatic heterocycles. The highest BCUT2D eigenvalue weighted by atomic mass is 79.9. The van der Waals surface area contributed by atoms with Crippen molar-refractivity contribution in [3.05, 3.63) is 34.6 Å². The van der Waals surface area contributed by atoms with Gasteiger partial charge in [0.05, 0.1) is 0 Å². The van der Waals surface area contributed by atoms with Gasteiger partial charge in [0.2, 0.25) is 0 Å². The third-order valence-corrected chi connectivity index (χ3v) is 4.87. The molecule has 0 nitrogen and oxygen atoms in total. The van der Waals surface area contributed by atoms with Crippen molar-refractivity contribution in [2.45, 2.75) is 44.4 Å². The van der Waals surface area contributed by atoms with Crippen molar-refractivity contribution in [3.8, 4) is 0 Å². The number of benzene rings is 1. The summed E-state index contributed by atoms with van der Waals surface area (Å²) in [6, 6.07) is 3.97. The fraction of sp³-hybridized carbons (Fsp3) is 0.571. The third kappa shape index (κ3) is 2.32. The molecule has 0 N–H and O–H groups in total. The Morgan fingerprint density at radius 1 is 1.19 bits per heavy atom. The number of hydrogen-bond acceptors (Lipinski definition) is 0. The Balaban J connectivity index is 2.26. The molecule has 1 aliphatic rings. The summed E-state index contributed by atoms with van der Waals surface area (Å²) in [6.07, 6.45) is 5.27. The zero-order chi connectivity index (χ0) is 11.7. The largest absolute Gasteiger partial charge is 0.206 e. The quantitative estimate of drug-likeness (QED) is 0.665. The zero-order valence-electron chi connectivity index (χ0n) is 9.89. The summed E-state index contributed by atoms with van der Waals surface area (Å²) in [7, 11) is 0. The Kier molecular flexibility index (Phi) is 3.68. The number of rotatable bonds is 2. The van der Waals surface area contributed by atoms with Gasteiger partial charge in [0.1, 0.15) is 5.82 Å². The lowest BCUT2D eigenvalue weighted by molar-refractivity contribution is 0.539. The molecule has 0 radical (unpaired) electrons. The van der Waals surface area contributed by atoms with Crippen LogP contribution in [0.25, 0.3) is 0 Å². The molecule has 0 amide bonds. The molecule has 1 unspecified atom stereocenters. The van der Waals surface area contributed by atoms with Crippen molar-refractivity contribution >= 4 is 15.9 Å². The summed E-state index contributed by atoms with van der Waals surface area (Å²) in [5.41, 5.74) is 2.76. The molecule has 1 aromatic carbocycles. The van der Waals surface area contributed by atoms with E-state index in [0.29, 0.717) is 4.83 Å². The minimum atomic E-state index is -0.0603. The molecule has 1 aliphatic carbocycles. The van der Waals surface area contributed by atoms with Gasteiger partial charge in [-0.25, -0.2) is 4.39 Å². The monoisotopic (exact) mass is 284 g/mol. The topological polar surface area (TPSA) is 0 Å². The van der Waals surface area contributed by atoms with E-state index < -0.39 is 0 Å². The van der Waals surface area contributed by atoms with E-state index in [4.69, 9.17) is 0 Å². The van der Waals surface area contributed by atoms with Crippen LogP contribution in [-0.2, 0) is 0 Å². The van der Waals surface area contributed by atoms with E-state index in [1.165, 1.54) is 31.2 Å². The molecular weight excluding hydrogens is 267 g/mol. The number of hydrogen-bond donors (Lipinski definition) is 0. The van der Waals surface area contributed by atoms with Crippen molar-refractivity contribution in [1.82, 2.24) is 0 Å². The van der Waals surface area contributed by atoms with Gasteiger partial charge in [0, 0.05) is 4.83 Å². The maximum absolute atomic E-state index is 13.5. The van der Waals surface area contributed by atoms with Gasteiger partial charge in [-0.1, -0.05) is 40.9 Å². The minimum absolute atomic E-state index is 0.0603. The minimum Gasteiger partial charge on any atom is -0.206 e. The van der Waals surface area contributed by atoms with E-state index in [9.17, 15) is 4.39 Å². The fourth-order valence-corrected chi connectivity index (χ4v) is 3.45. The van der Waals surface area contributed by atoms with E-state index in [1.54, 1.807) is 0 Å². The lowest BCUT2D eigenvalue weighted by Gasteiger charge is -2.19. The van der Waals surface area contributed by atoms with Crippen LogP contribution in [0, 0.1) is 25.6 Å². The smallest absolute Gasteiger partial charge is 0.129 e. The molecule has 88 valence electrons. The molecule has 0 heterocycles. The molecule has 1 atom stereocenters. The Hall–Kier alpha value is -0.370. The Bertz CT molecular complexity index is 357. The van der Waals surface area contributed by atoms with Gasteiger partial charge in [-0.2, -0.15) is 0 Å². The first-order valence-electron chi connectivity index (χ1n) is 6.00. The molecule has 16 heavy (non-hydrogen) atoms. The van der Waals surface area contributed by atoms with Crippen LogP contribution in [0.4, 0.5) is 4.39 Å². The lowest BCUT2D eigenvalue weighted by atomic mass is 9.95. The highest BCUT2D eigenvalue weighted by Crippen LogP contribution is 2.41. The maximum Gasteiger partial charge on any atom is 0.129 e. The van der Waals surface area contributed by atoms with E-state index in [1.807, 2.05) is 26.0 Å². The molecule has 0 spiro atoms. The number of aryl methyl sites for hydroxylation is 2. The predicted octanol–water partition coefficient (Wildman–Crippen LogP) is 5.07. The number of alkyl halides is 1. The normalized spacial score (nSPS) is 19.0. The molecule has 2 rings (SSSR count). The van der Waals surface area contributed by atoms with Crippen molar-refractivity contribution in [2.24, 2.45) is 5.92 Å². The molecule has 0 aliphatic heterocycles. The van der Waals surface area contributed by atoms with Crippen molar-refractivity contribution in [3.63, 3.8) is 0 Å². The van der Waals surface area contributed by atoms with E-state index in [2.05, 4.69) is 15.9 Å². The molecular formula is C14H18BrF. The Morgan fingerprint density at radius 3 is 2.19 bits per heavy atom. The van der Waals surface area contributed by atoms with E-state index >= 15 is 0 Å². The maximum atomic E-state index is 13.5. The van der Waals surface area contributed by atoms with Crippen LogP contribution >= 0.6 is 15.9 Å². The van der Waals surface area contributed by atoms with Crippen LogP contribution in [0.5, 0.6) is 0 Å². The van der Waals surface area contributed by atoms with Gasteiger partial charge in [-0.3, -0.25) is 0 Å². The summed E-state index contributed by atoms with van der Waals surface area (Å²) >= 11 is 3.78. The SMILES string of the molecule is Cc1cc(C(Br)C2CCCC2)cc(C)c1F. The average Bonchev–Trinajstić information content (AvgIpc) is 2.77.